The molecule has 2 aromatic heterocycles. The number of aromatic nitrogens is 4. The summed E-state index contributed by atoms with van der Waals surface area (Å²) in [6, 6.07) is 11.0. The Bertz CT molecular complexity index is 1210. The largest absolute Gasteiger partial charge is 0.494 e. The highest BCUT2D eigenvalue weighted by Crippen LogP contribution is 2.29. The third-order valence-electron chi connectivity index (χ3n) is 5.43. The van der Waals surface area contributed by atoms with E-state index in [1.807, 2.05) is 47.9 Å². The van der Waals surface area contributed by atoms with E-state index >= 15 is 0 Å². The van der Waals surface area contributed by atoms with Crippen molar-refractivity contribution in [3.05, 3.63) is 48.8 Å². The number of hydrogen-bond donors (Lipinski definition) is 0. The third-order valence-corrected chi connectivity index (χ3v) is 8.10. The first-order valence-electron chi connectivity index (χ1n) is 10.6. The van der Waals surface area contributed by atoms with Crippen LogP contribution in [0.1, 0.15) is 13.3 Å². The molecular formula is C22H25N5O4S2. The number of benzene rings is 1. The summed E-state index contributed by atoms with van der Waals surface area (Å²) in [4.78, 5) is 18.5. The summed E-state index contributed by atoms with van der Waals surface area (Å²) in [5, 5.41) is 9.24. The zero-order chi connectivity index (χ0) is 23.4. The van der Waals surface area contributed by atoms with Crippen molar-refractivity contribution in [3.63, 3.8) is 0 Å². The molecule has 11 heteroatoms. The molecule has 0 aliphatic carbocycles. The van der Waals surface area contributed by atoms with Crippen LogP contribution < -0.4 is 4.74 Å². The minimum absolute atomic E-state index is 0.0213. The average molecular weight is 488 g/mol. The van der Waals surface area contributed by atoms with Crippen LogP contribution in [0.15, 0.2) is 53.9 Å². The molecule has 1 atom stereocenters. The second kappa shape index (κ2) is 9.92. The first kappa shape index (κ1) is 23.2. The Balaban J connectivity index is 1.58. The quantitative estimate of drug-likeness (QED) is 0.446. The predicted octanol–water partition coefficient (Wildman–Crippen LogP) is 2.47. The molecule has 1 aliphatic heterocycles. The van der Waals surface area contributed by atoms with Crippen LogP contribution in [0.4, 0.5) is 0 Å². The molecule has 1 amide bonds. The van der Waals surface area contributed by atoms with Crippen LogP contribution in [0.3, 0.4) is 0 Å². The molecule has 1 aromatic carbocycles. The first-order chi connectivity index (χ1) is 15.9. The second-order valence-corrected chi connectivity index (χ2v) is 10.8. The summed E-state index contributed by atoms with van der Waals surface area (Å²) in [6.45, 7) is 2.50. The van der Waals surface area contributed by atoms with Crippen molar-refractivity contribution >= 4 is 27.5 Å². The number of sulfone groups is 1. The van der Waals surface area contributed by atoms with E-state index < -0.39 is 9.84 Å². The number of thioether (sulfide) groups is 1. The highest BCUT2D eigenvalue weighted by molar-refractivity contribution is 7.99. The van der Waals surface area contributed by atoms with Crippen LogP contribution in [0.2, 0.25) is 0 Å². The molecule has 0 spiro atoms. The molecule has 1 fully saturated rings. The van der Waals surface area contributed by atoms with Gasteiger partial charge < -0.3 is 9.64 Å². The normalized spacial score (nSPS) is 17.1. The van der Waals surface area contributed by atoms with E-state index in [9.17, 15) is 13.2 Å². The van der Waals surface area contributed by atoms with Crippen LogP contribution >= 0.6 is 11.8 Å². The fourth-order valence-corrected chi connectivity index (χ4v) is 6.30. The molecule has 0 radical (unpaired) electrons. The Morgan fingerprint density at radius 2 is 2.03 bits per heavy atom. The van der Waals surface area contributed by atoms with E-state index in [1.165, 1.54) is 16.7 Å². The first-order valence-corrected chi connectivity index (χ1v) is 13.4. The average Bonchev–Trinajstić information content (AvgIpc) is 3.41. The van der Waals surface area contributed by atoms with Gasteiger partial charge in [-0.2, -0.15) is 0 Å². The van der Waals surface area contributed by atoms with Crippen molar-refractivity contribution in [2.45, 2.75) is 24.5 Å². The topological polar surface area (TPSA) is 107 Å². The van der Waals surface area contributed by atoms with Gasteiger partial charge in [-0.1, -0.05) is 11.8 Å². The Morgan fingerprint density at radius 1 is 1.24 bits per heavy atom. The van der Waals surface area contributed by atoms with E-state index in [-0.39, 0.29) is 29.2 Å². The van der Waals surface area contributed by atoms with Gasteiger partial charge in [-0.15, -0.1) is 10.2 Å². The molecule has 3 heterocycles. The lowest BCUT2D eigenvalue weighted by Gasteiger charge is -2.23. The van der Waals surface area contributed by atoms with Crippen molar-refractivity contribution in [1.29, 1.82) is 0 Å². The molecule has 0 N–H and O–H groups in total. The Kier molecular flexibility index (Phi) is 6.99. The second-order valence-electron chi connectivity index (χ2n) is 7.66. The molecule has 9 nitrogen and oxygen atoms in total. The fourth-order valence-electron chi connectivity index (χ4n) is 3.65. The number of pyridine rings is 1. The van der Waals surface area contributed by atoms with Crippen molar-refractivity contribution in [2.24, 2.45) is 0 Å². The minimum atomic E-state index is -3.06. The smallest absolute Gasteiger partial charge is 0.233 e. The van der Waals surface area contributed by atoms with Crippen molar-refractivity contribution in [3.8, 4) is 22.8 Å². The highest BCUT2D eigenvalue weighted by atomic mass is 32.2. The van der Waals surface area contributed by atoms with E-state index in [1.54, 1.807) is 19.4 Å². The number of rotatable bonds is 8. The van der Waals surface area contributed by atoms with Crippen molar-refractivity contribution < 1.29 is 17.9 Å². The van der Waals surface area contributed by atoms with E-state index in [4.69, 9.17) is 4.74 Å². The van der Waals surface area contributed by atoms with Crippen molar-refractivity contribution in [1.82, 2.24) is 24.6 Å². The SMILES string of the molecule is CCOc1ccc(-n2c(SCC(=O)N(C)[C@H]3CCS(=O)(=O)C3)nnc2-c2cccnc2)cc1. The van der Waals surface area contributed by atoms with Gasteiger partial charge in [-0.25, -0.2) is 8.42 Å². The zero-order valence-corrected chi connectivity index (χ0v) is 20.1. The summed E-state index contributed by atoms with van der Waals surface area (Å²) in [7, 11) is -1.40. The molecule has 1 aliphatic rings. The molecule has 33 heavy (non-hydrogen) atoms. The van der Waals surface area contributed by atoms with Crippen LogP contribution in [0, 0.1) is 0 Å². The van der Waals surface area contributed by atoms with Crippen LogP contribution in [0.5, 0.6) is 5.75 Å². The summed E-state index contributed by atoms with van der Waals surface area (Å²) in [5.41, 5.74) is 1.62. The standard InChI is InChI=1S/C22H25N5O4S2/c1-3-31-19-8-6-17(7-9-19)27-21(16-5-4-11-23-13-16)24-25-22(27)32-14-20(28)26(2)18-10-12-33(29,30)15-18/h4-9,11,13,18H,3,10,12,14-15H2,1-2H3/t18-/m0/s1. The van der Waals surface area contributed by atoms with Gasteiger partial charge in [0.2, 0.25) is 5.91 Å². The Hall–Kier alpha value is -2.92. The fraction of sp³-hybridized carbons (Fsp3) is 0.364. The van der Waals surface area contributed by atoms with E-state index in [0.29, 0.717) is 24.0 Å². The predicted molar refractivity (Wildman–Crippen MR) is 126 cm³/mol. The number of hydrogen-bond acceptors (Lipinski definition) is 8. The number of amides is 1. The maximum absolute atomic E-state index is 12.8. The lowest BCUT2D eigenvalue weighted by Crippen LogP contribution is -2.38. The number of nitrogens with zero attached hydrogens (tertiary/aromatic N) is 5. The maximum Gasteiger partial charge on any atom is 0.233 e. The van der Waals surface area contributed by atoms with Gasteiger partial charge in [0.15, 0.2) is 20.8 Å². The maximum atomic E-state index is 12.8. The number of ether oxygens (including phenoxy) is 1. The van der Waals surface area contributed by atoms with Crippen molar-refractivity contribution in [2.75, 3.05) is 30.9 Å². The van der Waals surface area contributed by atoms with Gasteiger partial charge in [-0.05, 0) is 49.7 Å². The van der Waals surface area contributed by atoms with E-state index in [0.717, 1.165) is 17.0 Å². The highest BCUT2D eigenvalue weighted by Gasteiger charge is 2.32. The van der Waals surface area contributed by atoms with Crippen LogP contribution in [-0.4, -0.2) is 75.9 Å². The minimum Gasteiger partial charge on any atom is -0.494 e. The van der Waals surface area contributed by atoms with Gasteiger partial charge in [0.1, 0.15) is 5.75 Å². The summed E-state index contributed by atoms with van der Waals surface area (Å²) in [5.74, 6) is 1.49. The zero-order valence-electron chi connectivity index (χ0n) is 18.4. The van der Waals surface area contributed by atoms with Gasteiger partial charge in [-0.3, -0.25) is 14.3 Å². The number of carbonyl (C=O) groups excluding carboxylic acids is 1. The van der Waals surface area contributed by atoms with Crippen LogP contribution in [0.25, 0.3) is 17.1 Å². The molecule has 174 valence electrons. The number of carbonyl (C=O) groups is 1. The molecular weight excluding hydrogens is 462 g/mol. The lowest BCUT2D eigenvalue weighted by atomic mass is 10.2. The molecule has 1 saturated heterocycles. The monoisotopic (exact) mass is 487 g/mol. The molecule has 0 saturated carbocycles. The third kappa shape index (κ3) is 5.36. The summed E-state index contributed by atoms with van der Waals surface area (Å²) >= 11 is 1.26. The molecule has 0 bridgehead atoms. The van der Waals surface area contributed by atoms with Crippen LogP contribution in [-0.2, 0) is 14.6 Å². The molecule has 0 unspecified atom stereocenters. The Labute approximate surface area is 197 Å². The summed E-state index contributed by atoms with van der Waals surface area (Å²) in [6.07, 6.45) is 3.88. The molecule has 4 rings (SSSR count). The van der Waals surface area contributed by atoms with Gasteiger partial charge in [0.05, 0.1) is 23.9 Å². The van der Waals surface area contributed by atoms with Gasteiger partial charge >= 0.3 is 0 Å². The van der Waals surface area contributed by atoms with Gasteiger partial charge in [0, 0.05) is 36.7 Å². The van der Waals surface area contributed by atoms with E-state index in [2.05, 4.69) is 15.2 Å². The molecule has 3 aromatic rings. The van der Waals surface area contributed by atoms with Gasteiger partial charge in [0.25, 0.3) is 0 Å². The summed E-state index contributed by atoms with van der Waals surface area (Å²) < 4.78 is 31.0. The Morgan fingerprint density at radius 3 is 2.67 bits per heavy atom. The lowest BCUT2D eigenvalue weighted by molar-refractivity contribution is -0.128.